The molecule has 0 atom stereocenters. The number of nitrogens with zero attached hydrogens (tertiary/aromatic N) is 2. The molecule has 0 aliphatic carbocycles. The predicted molar refractivity (Wildman–Crippen MR) is 116 cm³/mol. The zero-order valence-corrected chi connectivity index (χ0v) is 17.8. The van der Waals surface area contributed by atoms with E-state index in [-0.39, 0.29) is 5.75 Å². The van der Waals surface area contributed by atoms with Crippen LogP contribution in [0.2, 0.25) is 5.02 Å². The van der Waals surface area contributed by atoms with Gasteiger partial charge in [0.2, 0.25) is 5.16 Å². The Morgan fingerprint density at radius 3 is 2.83 bits per heavy atom. The molecule has 9 heteroatoms. The van der Waals surface area contributed by atoms with E-state index in [1.165, 1.54) is 23.9 Å². The molecule has 0 unspecified atom stereocenters. The average molecular weight is 444 g/mol. The van der Waals surface area contributed by atoms with Crippen molar-refractivity contribution in [2.24, 2.45) is 0 Å². The van der Waals surface area contributed by atoms with E-state index in [0.717, 1.165) is 16.5 Å². The molecule has 0 saturated carbocycles. The molecule has 2 heterocycles. The number of aromatic amines is 1. The fourth-order valence-corrected chi connectivity index (χ4v) is 4.11. The molecule has 4 rings (SSSR count). The number of benzene rings is 2. The Kier molecular flexibility index (Phi) is 5.69. The van der Waals surface area contributed by atoms with Crippen molar-refractivity contribution in [3.8, 4) is 22.9 Å². The summed E-state index contributed by atoms with van der Waals surface area (Å²) >= 11 is 7.48. The van der Waals surface area contributed by atoms with Crippen molar-refractivity contribution >= 4 is 34.3 Å². The van der Waals surface area contributed by atoms with E-state index in [4.69, 9.17) is 20.8 Å². The van der Waals surface area contributed by atoms with Crippen LogP contribution in [0.4, 0.5) is 0 Å². The van der Waals surface area contributed by atoms with Gasteiger partial charge in [-0.2, -0.15) is 0 Å². The second-order valence-electron chi connectivity index (χ2n) is 6.52. The molecule has 30 heavy (non-hydrogen) atoms. The normalized spacial score (nSPS) is 11.2. The van der Waals surface area contributed by atoms with Crippen molar-refractivity contribution in [3.05, 3.63) is 63.0 Å². The number of nitrogens with one attached hydrogen (secondary N) is 1. The largest absolute Gasteiger partial charge is 0.508 e. The summed E-state index contributed by atoms with van der Waals surface area (Å²) < 4.78 is 10.6. The standard InChI is InChI=1S/C21H18ClN3O4S/c1-3-11-6-14-12(7-19(27)29-18(14)9-16(11)26)10-30-21-23-20(24-25-21)15-8-13(22)4-5-17(15)28-2/h4-9,26H,3,10H2,1-2H3,(H,23,24,25). The number of rotatable bonds is 6. The number of ether oxygens (including phenoxy) is 1. The van der Waals surface area contributed by atoms with Crippen LogP contribution < -0.4 is 10.4 Å². The molecule has 0 aliphatic heterocycles. The minimum Gasteiger partial charge on any atom is -0.508 e. The average Bonchev–Trinajstić information content (AvgIpc) is 3.20. The summed E-state index contributed by atoms with van der Waals surface area (Å²) in [5.74, 6) is 1.74. The highest BCUT2D eigenvalue weighted by Crippen LogP contribution is 2.33. The molecular formula is C21H18ClN3O4S. The van der Waals surface area contributed by atoms with Gasteiger partial charge in [-0.15, -0.1) is 5.10 Å². The number of aromatic nitrogens is 3. The van der Waals surface area contributed by atoms with Crippen molar-refractivity contribution in [3.63, 3.8) is 0 Å². The van der Waals surface area contributed by atoms with Crippen LogP contribution in [0.1, 0.15) is 18.1 Å². The lowest BCUT2D eigenvalue weighted by atomic mass is 10.1. The molecule has 2 N–H and O–H groups in total. The maximum atomic E-state index is 12.0. The Balaban J connectivity index is 1.63. The molecule has 7 nitrogen and oxygen atoms in total. The van der Waals surface area contributed by atoms with Crippen molar-refractivity contribution < 1.29 is 14.3 Å². The van der Waals surface area contributed by atoms with E-state index >= 15 is 0 Å². The highest BCUT2D eigenvalue weighted by molar-refractivity contribution is 7.98. The van der Waals surface area contributed by atoms with Gasteiger partial charge >= 0.3 is 5.63 Å². The summed E-state index contributed by atoms with van der Waals surface area (Å²) in [5.41, 5.74) is 2.16. The number of hydrogen-bond donors (Lipinski definition) is 2. The number of aromatic hydroxyl groups is 1. The van der Waals surface area contributed by atoms with Crippen LogP contribution in [-0.4, -0.2) is 27.4 Å². The van der Waals surface area contributed by atoms with Gasteiger partial charge in [0.1, 0.15) is 17.1 Å². The minimum atomic E-state index is -0.471. The first-order valence-corrected chi connectivity index (χ1v) is 10.5. The van der Waals surface area contributed by atoms with Gasteiger partial charge in [0, 0.05) is 28.3 Å². The number of phenols is 1. The van der Waals surface area contributed by atoms with E-state index in [1.807, 2.05) is 13.0 Å². The molecule has 0 fully saturated rings. The second-order valence-corrected chi connectivity index (χ2v) is 7.90. The predicted octanol–water partition coefficient (Wildman–Crippen LogP) is 4.80. The van der Waals surface area contributed by atoms with Gasteiger partial charge in [-0.1, -0.05) is 30.3 Å². The van der Waals surface area contributed by atoms with Gasteiger partial charge in [-0.25, -0.2) is 9.78 Å². The molecule has 4 aromatic rings. The van der Waals surface area contributed by atoms with Crippen molar-refractivity contribution in [2.75, 3.05) is 7.11 Å². The highest BCUT2D eigenvalue weighted by atomic mass is 35.5. The Hall–Kier alpha value is -2.97. The fourth-order valence-electron chi connectivity index (χ4n) is 3.15. The van der Waals surface area contributed by atoms with E-state index in [9.17, 15) is 9.90 Å². The number of aryl methyl sites for hydroxylation is 1. The van der Waals surface area contributed by atoms with E-state index in [0.29, 0.717) is 45.1 Å². The van der Waals surface area contributed by atoms with E-state index < -0.39 is 5.63 Å². The first-order valence-electron chi connectivity index (χ1n) is 9.16. The van der Waals surface area contributed by atoms with Crippen LogP contribution in [0.5, 0.6) is 11.5 Å². The third-order valence-corrected chi connectivity index (χ3v) is 5.78. The summed E-state index contributed by atoms with van der Waals surface area (Å²) in [4.78, 5) is 16.5. The lowest BCUT2D eigenvalue weighted by molar-refractivity contribution is 0.416. The number of H-pyrrole nitrogens is 1. The number of thioether (sulfide) groups is 1. The second kappa shape index (κ2) is 8.41. The number of methoxy groups -OCH3 is 1. The van der Waals surface area contributed by atoms with Crippen LogP contribution in [-0.2, 0) is 12.2 Å². The first-order chi connectivity index (χ1) is 14.5. The number of halogens is 1. The topological polar surface area (TPSA) is 101 Å². The monoisotopic (exact) mass is 443 g/mol. The third kappa shape index (κ3) is 4.01. The van der Waals surface area contributed by atoms with Crippen LogP contribution in [0.25, 0.3) is 22.4 Å². The van der Waals surface area contributed by atoms with Crippen LogP contribution in [0, 0.1) is 0 Å². The van der Waals surface area contributed by atoms with Gasteiger partial charge in [0.25, 0.3) is 0 Å². The van der Waals surface area contributed by atoms with Crippen molar-refractivity contribution in [1.29, 1.82) is 0 Å². The quantitative estimate of drug-likeness (QED) is 0.326. The van der Waals surface area contributed by atoms with Gasteiger partial charge in [0.15, 0.2) is 5.82 Å². The third-order valence-electron chi connectivity index (χ3n) is 4.65. The Morgan fingerprint density at radius 2 is 2.07 bits per heavy atom. The van der Waals surface area contributed by atoms with Crippen molar-refractivity contribution in [2.45, 2.75) is 24.3 Å². The summed E-state index contributed by atoms with van der Waals surface area (Å²) in [6.45, 7) is 1.95. The van der Waals surface area contributed by atoms with Crippen LogP contribution >= 0.6 is 23.4 Å². The fraction of sp³-hybridized carbons (Fsp3) is 0.190. The number of fused-ring (bicyclic) bond motifs is 1. The molecular weight excluding hydrogens is 426 g/mol. The van der Waals surface area contributed by atoms with Gasteiger partial charge in [-0.05, 0) is 41.8 Å². The molecule has 2 aromatic carbocycles. The molecule has 0 radical (unpaired) electrons. The Labute approximate surface area is 181 Å². The summed E-state index contributed by atoms with van der Waals surface area (Å²) in [6, 6.07) is 10.1. The van der Waals surface area contributed by atoms with Crippen LogP contribution in [0.3, 0.4) is 0 Å². The number of hydrogen-bond acceptors (Lipinski definition) is 7. The molecule has 0 saturated heterocycles. The van der Waals surface area contributed by atoms with Gasteiger partial charge in [-0.3, -0.25) is 5.10 Å². The van der Waals surface area contributed by atoms with Crippen molar-refractivity contribution in [1.82, 2.24) is 15.2 Å². The smallest absolute Gasteiger partial charge is 0.336 e. The van der Waals surface area contributed by atoms with Gasteiger partial charge in [0.05, 0.1) is 12.7 Å². The maximum absolute atomic E-state index is 12.0. The zero-order chi connectivity index (χ0) is 21.3. The molecule has 0 bridgehead atoms. The maximum Gasteiger partial charge on any atom is 0.336 e. The molecule has 154 valence electrons. The summed E-state index contributed by atoms with van der Waals surface area (Å²) in [6.07, 6.45) is 0.666. The van der Waals surface area contributed by atoms with E-state index in [1.54, 1.807) is 25.3 Å². The number of phenolic OH excluding ortho intramolecular Hbond substituents is 1. The molecule has 0 amide bonds. The SMILES string of the molecule is CCc1cc2c(CSc3n[nH]c(-c4cc(Cl)ccc4OC)n3)cc(=O)oc2cc1O. The lowest BCUT2D eigenvalue weighted by Gasteiger charge is -2.08. The summed E-state index contributed by atoms with van der Waals surface area (Å²) in [7, 11) is 1.58. The van der Waals surface area contributed by atoms with Crippen LogP contribution in [0.15, 0.2) is 50.8 Å². The minimum absolute atomic E-state index is 0.118. The van der Waals surface area contributed by atoms with E-state index in [2.05, 4.69) is 15.2 Å². The first kappa shape index (κ1) is 20.3. The molecule has 2 aromatic heterocycles. The molecule has 0 spiro atoms. The lowest BCUT2D eigenvalue weighted by Crippen LogP contribution is -2.00. The Morgan fingerprint density at radius 1 is 1.23 bits per heavy atom. The molecule has 0 aliphatic rings. The zero-order valence-electron chi connectivity index (χ0n) is 16.2. The Bertz CT molecular complexity index is 1290. The summed E-state index contributed by atoms with van der Waals surface area (Å²) in [5, 5.41) is 19.1. The van der Waals surface area contributed by atoms with Gasteiger partial charge < -0.3 is 14.3 Å². The highest BCUT2D eigenvalue weighted by Gasteiger charge is 2.14.